The Balaban J connectivity index is 1.66. The standard InChI is InChI=1S/C24H27N3O3S/c1-14-5-4-6-20(15(14)2)25-22(28)16-7-12-19-21(13-16)26-24(31)27(23(19)29)17-8-10-18(30-3)11-9-17/h7-15,20H,4-6H2,1-3H3,(H,25,28)(H,26,31)/t14-,15+,20-/m1/s1. The molecule has 3 atom stereocenters. The number of ether oxygens (including phenoxy) is 1. The Bertz CT molecular complexity index is 1230. The van der Waals surface area contributed by atoms with Crippen molar-refractivity contribution in [3.8, 4) is 11.4 Å². The maximum Gasteiger partial charge on any atom is 0.266 e. The molecule has 7 heteroatoms. The first-order valence-electron chi connectivity index (χ1n) is 10.6. The van der Waals surface area contributed by atoms with Crippen LogP contribution in [0.4, 0.5) is 0 Å². The largest absolute Gasteiger partial charge is 0.497 e. The first-order chi connectivity index (χ1) is 14.9. The molecule has 3 aromatic rings. The maximum atomic E-state index is 13.1. The van der Waals surface area contributed by atoms with E-state index >= 15 is 0 Å². The summed E-state index contributed by atoms with van der Waals surface area (Å²) in [4.78, 5) is 29.1. The van der Waals surface area contributed by atoms with E-state index < -0.39 is 0 Å². The van der Waals surface area contributed by atoms with E-state index in [9.17, 15) is 9.59 Å². The van der Waals surface area contributed by atoms with Gasteiger partial charge in [-0.05, 0) is 72.9 Å². The zero-order valence-electron chi connectivity index (χ0n) is 18.0. The quantitative estimate of drug-likeness (QED) is 0.585. The second-order valence-electron chi connectivity index (χ2n) is 8.38. The maximum absolute atomic E-state index is 13.1. The Hall–Kier alpha value is -2.93. The minimum Gasteiger partial charge on any atom is -0.497 e. The number of H-pyrrole nitrogens is 1. The third kappa shape index (κ3) is 4.14. The summed E-state index contributed by atoms with van der Waals surface area (Å²) in [5.74, 6) is 1.63. The fourth-order valence-electron chi connectivity index (χ4n) is 4.36. The van der Waals surface area contributed by atoms with Crippen LogP contribution < -0.4 is 15.6 Å². The number of nitrogens with one attached hydrogen (secondary N) is 2. The number of aromatic nitrogens is 2. The number of nitrogens with zero attached hydrogens (tertiary/aromatic N) is 1. The van der Waals surface area contributed by atoms with Gasteiger partial charge in [-0.3, -0.25) is 14.2 Å². The molecule has 0 aliphatic heterocycles. The van der Waals surface area contributed by atoms with Gasteiger partial charge in [0.15, 0.2) is 4.77 Å². The van der Waals surface area contributed by atoms with Crippen LogP contribution in [0.15, 0.2) is 47.3 Å². The van der Waals surface area contributed by atoms with Crippen molar-refractivity contribution in [1.82, 2.24) is 14.9 Å². The predicted molar refractivity (Wildman–Crippen MR) is 125 cm³/mol. The van der Waals surface area contributed by atoms with Gasteiger partial charge in [-0.2, -0.15) is 0 Å². The van der Waals surface area contributed by atoms with E-state index in [1.165, 1.54) is 11.0 Å². The van der Waals surface area contributed by atoms with Gasteiger partial charge in [0.1, 0.15) is 5.75 Å². The molecule has 1 amide bonds. The Morgan fingerprint density at radius 2 is 1.90 bits per heavy atom. The summed E-state index contributed by atoms with van der Waals surface area (Å²) >= 11 is 5.45. The molecule has 0 saturated heterocycles. The highest BCUT2D eigenvalue weighted by Gasteiger charge is 2.28. The van der Waals surface area contributed by atoms with E-state index in [1.54, 1.807) is 49.6 Å². The summed E-state index contributed by atoms with van der Waals surface area (Å²) in [6.07, 6.45) is 3.34. The number of hydrogen-bond donors (Lipinski definition) is 2. The molecular formula is C24H27N3O3S. The van der Waals surface area contributed by atoms with Gasteiger partial charge < -0.3 is 15.0 Å². The van der Waals surface area contributed by atoms with Crippen LogP contribution in [0.2, 0.25) is 0 Å². The smallest absolute Gasteiger partial charge is 0.266 e. The predicted octanol–water partition coefficient (Wildman–Crippen LogP) is 4.61. The molecule has 2 aromatic carbocycles. The number of carbonyl (C=O) groups is 1. The second kappa shape index (κ2) is 8.67. The molecule has 0 unspecified atom stereocenters. The number of amides is 1. The van der Waals surface area contributed by atoms with E-state index in [4.69, 9.17) is 17.0 Å². The third-order valence-electron chi connectivity index (χ3n) is 6.51. The Morgan fingerprint density at radius 3 is 2.61 bits per heavy atom. The van der Waals surface area contributed by atoms with Crippen LogP contribution >= 0.6 is 12.2 Å². The van der Waals surface area contributed by atoms with Gasteiger partial charge in [0.05, 0.1) is 23.7 Å². The Labute approximate surface area is 186 Å². The third-order valence-corrected chi connectivity index (χ3v) is 6.80. The fourth-order valence-corrected chi connectivity index (χ4v) is 4.66. The Kier molecular flexibility index (Phi) is 5.96. The van der Waals surface area contributed by atoms with Crippen LogP contribution in [0.5, 0.6) is 5.75 Å². The van der Waals surface area contributed by atoms with Crippen molar-refractivity contribution in [3.63, 3.8) is 0 Å². The summed E-state index contributed by atoms with van der Waals surface area (Å²) in [6.45, 7) is 4.45. The zero-order valence-corrected chi connectivity index (χ0v) is 18.8. The van der Waals surface area contributed by atoms with Gasteiger partial charge in [0.2, 0.25) is 0 Å². The number of rotatable bonds is 4. The molecule has 1 saturated carbocycles. The minimum atomic E-state index is -0.231. The molecule has 162 valence electrons. The van der Waals surface area contributed by atoms with Crippen molar-refractivity contribution in [2.24, 2.45) is 11.8 Å². The van der Waals surface area contributed by atoms with Crippen molar-refractivity contribution in [1.29, 1.82) is 0 Å². The molecule has 1 aliphatic rings. The fraction of sp³-hybridized carbons (Fsp3) is 0.375. The van der Waals surface area contributed by atoms with E-state index in [-0.39, 0.29) is 22.3 Å². The zero-order chi connectivity index (χ0) is 22.1. The lowest BCUT2D eigenvalue weighted by Gasteiger charge is -2.34. The topological polar surface area (TPSA) is 76.1 Å². The van der Waals surface area contributed by atoms with Gasteiger partial charge in [-0.15, -0.1) is 0 Å². The molecule has 0 bridgehead atoms. The Morgan fingerprint density at radius 1 is 1.16 bits per heavy atom. The van der Waals surface area contributed by atoms with Gasteiger partial charge in [0.25, 0.3) is 11.5 Å². The highest BCUT2D eigenvalue weighted by molar-refractivity contribution is 7.71. The number of fused-ring (bicyclic) bond motifs is 1. The van der Waals surface area contributed by atoms with Gasteiger partial charge in [-0.25, -0.2) is 0 Å². The normalized spacial score (nSPS) is 21.1. The molecule has 1 aromatic heterocycles. The van der Waals surface area contributed by atoms with Crippen LogP contribution in [0.1, 0.15) is 43.5 Å². The molecule has 0 spiro atoms. The van der Waals surface area contributed by atoms with Crippen molar-refractivity contribution < 1.29 is 9.53 Å². The average Bonchev–Trinajstić information content (AvgIpc) is 2.77. The van der Waals surface area contributed by atoms with Crippen molar-refractivity contribution in [2.45, 2.75) is 39.2 Å². The molecule has 0 radical (unpaired) electrons. The summed E-state index contributed by atoms with van der Waals surface area (Å²) in [5, 5.41) is 3.66. The number of methoxy groups -OCH3 is 1. The highest BCUT2D eigenvalue weighted by atomic mass is 32.1. The molecule has 2 N–H and O–H groups in total. The van der Waals surface area contributed by atoms with Crippen molar-refractivity contribution in [2.75, 3.05) is 7.11 Å². The molecule has 1 heterocycles. The minimum absolute atomic E-state index is 0.119. The van der Waals surface area contributed by atoms with Crippen molar-refractivity contribution in [3.05, 3.63) is 63.2 Å². The van der Waals surface area contributed by atoms with E-state index in [0.717, 1.165) is 12.8 Å². The lowest BCUT2D eigenvalue weighted by Crippen LogP contribution is -2.43. The van der Waals surface area contributed by atoms with E-state index in [1.807, 2.05) is 0 Å². The lowest BCUT2D eigenvalue weighted by atomic mass is 9.78. The van der Waals surface area contributed by atoms with Gasteiger partial charge in [-0.1, -0.05) is 26.7 Å². The lowest BCUT2D eigenvalue weighted by molar-refractivity contribution is 0.0891. The SMILES string of the molecule is COc1ccc(-n2c(=S)[nH]c3cc(C(=O)N[C@@H]4CCC[C@@H](C)[C@@H]4C)ccc3c2=O)cc1. The van der Waals surface area contributed by atoms with Gasteiger partial charge in [0, 0.05) is 11.6 Å². The van der Waals surface area contributed by atoms with Crippen LogP contribution in [0, 0.1) is 16.6 Å². The molecule has 31 heavy (non-hydrogen) atoms. The van der Waals surface area contributed by atoms with Crippen LogP contribution in [0.25, 0.3) is 16.6 Å². The van der Waals surface area contributed by atoms with Crippen molar-refractivity contribution >= 4 is 29.0 Å². The van der Waals surface area contributed by atoms with E-state index in [0.29, 0.717) is 39.7 Å². The summed E-state index contributed by atoms with van der Waals surface area (Å²) in [7, 11) is 1.59. The number of aromatic amines is 1. The number of hydrogen-bond acceptors (Lipinski definition) is 4. The number of benzene rings is 2. The molecular weight excluding hydrogens is 410 g/mol. The molecule has 1 fully saturated rings. The second-order valence-corrected chi connectivity index (χ2v) is 8.76. The summed E-state index contributed by atoms with van der Waals surface area (Å²) < 4.78 is 6.90. The monoisotopic (exact) mass is 437 g/mol. The molecule has 6 nitrogen and oxygen atoms in total. The summed E-state index contributed by atoms with van der Waals surface area (Å²) in [6, 6.07) is 12.4. The molecule has 1 aliphatic carbocycles. The van der Waals surface area contributed by atoms with Crippen LogP contribution in [-0.4, -0.2) is 28.6 Å². The summed E-state index contributed by atoms with van der Waals surface area (Å²) in [5.41, 5.74) is 1.49. The van der Waals surface area contributed by atoms with Gasteiger partial charge >= 0.3 is 0 Å². The highest BCUT2D eigenvalue weighted by Crippen LogP contribution is 2.29. The van der Waals surface area contributed by atoms with Crippen LogP contribution in [-0.2, 0) is 0 Å². The number of carbonyl (C=O) groups excluding carboxylic acids is 1. The first-order valence-corrected chi connectivity index (χ1v) is 11.0. The average molecular weight is 438 g/mol. The van der Waals surface area contributed by atoms with E-state index in [2.05, 4.69) is 24.1 Å². The first kappa shape index (κ1) is 21.3. The molecule has 4 rings (SSSR count). The van der Waals surface area contributed by atoms with Crippen LogP contribution in [0.3, 0.4) is 0 Å².